The molecular weight excluding hydrogens is 236 g/mol. The van der Waals surface area contributed by atoms with Crippen LogP contribution in [-0.2, 0) is 0 Å². The van der Waals surface area contributed by atoms with Crippen molar-refractivity contribution < 1.29 is 0 Å². The van der Waals surface area contributed by atoms with E-state index in [1.807, 2.05) is 6.07 Å². The molecule has 1 saturated heterocycles. The molecule has 2 rings (SSSR count). The van der Waals surface area contributed by atoms with Crippen molar-refractivity contribution in [2.45, 2.75) is 0 Å². The summed E-state index contributed by atoms with van der Waals surface area (Å²) in [7, 11) is 0. The van der Waals surface area contributed by atoms with Crippen molar-refractivity contribution in [3.8, 4) is 11.8 Å². The lowest BCUT2D eigenvalue weighted by Crippen LogP contribution is -2.47. The zero-order valence-electron chi connectivity index (χ0n) is 9.64. The zero-order chi connectivity index (χ0) is 11.9. The average Bonchev–Trinajstić information content (AvgIpc) is 2.41. The van der Waals surface area contributed by atoms with Crippen LogP contribution in [0.5, 0.6) is 0 Å². The van der Waals surface area contributed by atoms with E-state index in [0.717, 1.165) is 38.7 Å². The standard InChI is InChI=1S/C12H15ClN4/c13-4-1-2-7-16-8-10-17(11-9-16)12-14-5-3-6-15-12/h3,5-6H,4,7-11H2. The van der Waals surface area contributed by atoms with Crippen molar-refractivity contribution in [2.75, 3.05) is 43.5 Å². The molecule has 1 aromatic rings. The Morgan fingerprint density at radius 3 is 2.47 bits per heavy atom. The first-order valence-electron chi connectivity index (χ1n) is 5.66. The number of piperazine rings is 1. The van der Waals surface area contributed by atoms with Gasteiger partial charge in [-0.3, -0.25) is 4.90 Å². The van der Waals surface area contributed by atoms with E-state index in [4.69, 9.17) is 11.6 Å². The third-order valence-electron chi connectivity index (χ3n) is 2.70. The molecule has 1 fully saturated rings. The molecular formula is C12H15ClN4. The van der Waals surface area contributed by atoms with Crippen molar-refractivity contribution in [3.05, 3.63) is 18.5 Å². The van der Waals surface area contributed by atoms with Gasteiger partial charge in [0.25, 0.3) is 0 Å². The topological polar surface area (TPSA) is 32.3 Å². The smallest absolute Gasteiger partial charge is 0.225 e. The van der Waals surface area contributed by atoms with Crippen LogP contribution < -0.4 is 4.90 Å². The van der Waals surface area contributed by atoms with E-state index in [1.165, 1.54) is 0 Å². The number of rotatable bonds is 2. The molecule has 0 aliphatic carbocycles. The zero-order valence-corrected chi connectivity index (χ0v) is 10.4. The number of aromatic nitrogens is 2. The molecule has 4 nitrogen and oxygen atoms in total. The van der Waals surface area contributed by atoms with Gasteiger partial charge in [-0.2, -0.15) is 0 Å². The van der Waals surface area contributed by atoms with Crippen molar-refractivity contribution in [1.29, 1.82) is 0 Å². The largest absolute Gasteiger partial charge is 0.338 e. The summed E-state index contributed by atoms with van der Waals surface area (Å²) >= 11 is 5.51. The number of anilines is 1. The first kappa shape index (κ1) is 12.2. The summed E-state index contributed by atoms with van der Waals surface area (Å²) < 4.78 is 0. The number of nitrogens with zero attached hydrogens (tertiary/aromatic N) is 4. The van der Waals surface area contributed by atoms with E-state index >= 15 is 0 Å². The van der Waals surface area contributed by atoms with Crippen LogP contribution in [0, 0.1) is 11.8 Å². The van der Waals surface area contributed by atoms with E-state index in [9.17, 15) is 0 Å². The molecule has 1 aliphatic heterocycles. The maximum atomic E-state index is 5.51. The van der Waals surface area contributed by atoms with Crippen LogP contribution >= 0.6 is 11.6 Å². The molecule has 0 atom stereocenters. The van der Waals surface area contributed by atoms with Crippen molar-refractivity contribution >= 4 is 17.5 Å². The molecule has 2 heterocycles. The monoisotopic (exact) mass is 250 g/mol. The van der Waals surface area contributed by atoms with Crippen molar-refractivity contribution in [1.82, 2.24) is 14.9 Å². The third kappa shape index (κ3) is 3.58. The quantitative estimate of drug-likeness (QED) is 0.575. The van der Waals surface area contributed by atoms with Crippen LogP contribution in [0.3, 0.4) is 0 Å². The predicted octanol–water partition coefficient (Wildman–Crippen LogP) is 0.841. The Hall–Kier alpha value is -1.31. The van der Waals surface area contributed by atoms with Gasteiger partial charge in [-0.05, 0) is 6.07 Å². The fourth-order valence-electron chi connectivity index (χ4n) is 1.78. The van der Waals surface area contributed by atoms with Gasteiger partial charge in [0.1, 0.15) is 0 Å². The molecule has 0 spiro atoms. The summed E-state index contributed by atoms with van der Waals surface area (Å²) in [5.74, 6) is 7.16. The number of alkyl halides is 1. The van der Waals surface area contributed by atoms with Gasteiger partial charge >= 0.3 is 0 Å². The molecule has 0 amide bonds. The highest BCUT2D eigenvalue weighted by Gasteiger charge is 2.17. The minimum Gasteiger partial charge on any atom is -0.338 e. The van der Waals surface area contributed by atoms with Crippen LogP contribution in [-0.4, -0.2) is 53.5 Å². The Bertz CT molecular complexity index is 390. The fourth-order valence-corrected chi connectivity index (χ4v) is 1.87. The second-order valence-corrected chi connectivity index (χ2v) is 4.07. The van der Waals surface area contributed by atoms with Gasteiger partial charge in [-0.25, -0.2) is 9.97 Å². The molecule has 0 radical (unpaired) electrons. The summed E-state index contributed by atoms with van der Waals surface area (Å²) in [6, 6.07) is 1.83. The maximum Gasteiger partial charge on any atom is 0.225 e. The first-order valence-corrected chi connectivity index (χ1v) is 6.19. The highest BCUT2D eigenvalue weighted by molar-refractivity contribution is 6.19. The van der Waals surface area contributed by atoms with Gasteiger partial charge < -0.3 is 4.90 Å². The first-order chi connectivity index (χ1) is 8.40. The van der Waals surface area contributed by atoms with Crippen molar-refractivity contribution in [2.24, 2.45) is 0 Å². The maximum absolute atomic E-state index is 5.51. The van der Waals surface area contributed by atoms with Crippen LogP contribution in [0.2, 0.25) is 0 Å². The van der Waals surface area contributed by atoms with Gasteiger partial charge in [0.2, 0.25) is 5.95 Å². The Balaban J connectivity index is 1.82. The van der Waals surface area contributed by atoms with Crippen LogP contribution in [0.15, 0.2) is 18.5 Å². The molecule has 0 unspecified atom stereocenters. The second-order valence-electron chi connectivity index (χ2n) is 3.80. The average molecular weight is 251 g/mol. The van der Waals surface area contributed by atoms with Crippen LogP contribution in [0.4, 0.5) is 5.95 Å². The number of halogens is 1. The molecule has 0 bridgehead atoms. The summed E-state index contributed by atoms with van der Waals surface area (Å²) in [6.45, 7) is 4.69. The second kappa shape index (κ2) is 6.43. The minimum absolute atomic E-state index is 0.415. The highest BCUT2D eigenvalue weighted by atomic mass is 35.5. The van der Waals surface area contributed by atoms with Crippen LogP contribution in [0.1, 0.15) is 0 Å². The summed E-state index contributed by atoms with van der Waals surface area (Å²) in [4.78, 5) is 13.0. The van der Waals surface area contributed by atoms with E-state index in [1.54, 1.807) is 12.4 Å². The van der Waals surface area contributed by atoms with Gasteiger partial charge in [-0.15, -0.1) is 11.6 Å². The summed E-state index contributed by atoms with van der Waals surface area (Å²) in [6.07, 6.45) is 3.56. The Morgan fingerprint density at radius 2 is 1.82 bits per heavy atom. The Labute approximate surface area is 107 Å². The van der Waals surface area contributed by atoms with Crippen molar-refractivity contribution in [3.63, 3.8) is 0 Å². The molecule has 0 aromatic carbocycles. The molecule has 1 aliphatic rings. The van der Waals surface area contributed by atoms with E-state index in [-0.39, 0.29) is 0 Å². The lowest BCUT2D eigenvalue weighted by Gasteiger charge is -2.33. The molecule has 17 heavy (non-hydrogen) atoms. The highest BCUT2D eigenvalue weighted by Crippen LogP contribution is 2.08. The summed E-state index contributed by atoms with van der Waals surface area (Å²) in [5.41, 5.74) is 0. The Kier molecular flexibility index (Phi) is 4.60. The van der Waals surface area contributed by atoms with Gasteiger partial charge in [-0.1, -0.05) is 11.8 Å². The summed E-state index contributed by atoms with van der Waals surface area (Å²) in [5, 5.41) is 0. The minimum atomic E-state index is 0.415. The van der Waals surface area contributed by atoms with E-state index in [2.05, 4.69) is 31.6 Å². The third-order valence-corrected chi connectivity index (χ3v) is 2.84. The number of hydrogen-bond acceptors (Lipinski definition) is 4. The van der Waals surface area contributed by atoms with E-state index < -0.39 is 0 Å². The van der Waals surface area contributed by atoms with Gasteiger partial charge in [0.15, 0.2) is 0 Å². The van der Waals surface area contributed by atoms with E-state index in [0.29, 0.717) is 5.88 Å². The molecule has 1 aromatic heterocycles. The van der Waals surface area contributed by atoms with Gasteiger partial charge in [0.05, 0.1) is 12.4 Å². The SMILES string of the molecule is ClCC#CCN1CCN(c2ncccn2)CC1. The fraction of sp³-hybridized carbons (Fsp3) is 0.500. The lowest BCUT2D eigenvalue weighted by molar-refractivity contribution is 0.286. The van der Waals surface area contributed by atoms with Crippen LogP contribution in [0.25, 0.3) is 0 Å². The molecule has 0 N–H and O–H groups in total. The lowest BCUT2D eigenvalue weighted by atomic mass is 10.3. The van der Waals surface area contributed by atoms with Gasteiger partial charge in [0, 0.05) is 38.6 Å². The predicted molar refractivity (Wildman–Crippen MR) is 69.2 cm³/mol. The normalized spacial score (nSPS) is 16.4. The Morgan fingerprint density at radius 1 is 1.12 bits per heavy atom. The molecule has 0 saturated carbocycles. The molecule has 90 valence electrons. The number of hydrogen-bond donors (Lipinski definition) is 0. The molecule has 5 heteroatoms.